The lowest BCUT2D eigenvalue weighted by molar-refractivity contribution is 0.238. The maximum absolute atomic E-state index is 6.29. The SMILES string of the molecule is CC(C)Oc1ccccc1C(N)Cc1cccs1. The summed E-state index contributed by atoms with van der Waals surface area (Å²) < 4.78 is 5.81. The highest BCUT2D eigenvalue weighted by Gasteiger charge is 2.13. The standard InChI is InChI=1S/C15H19NOS/c1-11(2)17-15-8-4-3-7-13(15)14(16)10-12-6-5-9-18-12/h3-9,11,14H,10,16H2,1-2H3. The van der Waals surface area contributed by atoms with E-state index in [1.54, 1.807) is 11.3 Å². The predicted octanol–water partition coefficient (Wildman–Crippen LogP) is 3.78. The highest BCUT2D eigenvalue weighted by atomic mass is 32.1. The Kier molecular flexibility index (Phi) is 4.39. The fourth-order valence-corrected chi connectivity index (χ4v) is 2.67. The van der Waals surface area contributed by atoms with Gasteiger partial charge in [0, 0.05) is 22.9 Å². The van der Waals surface area contributed by atoms with Crippen molar-refractivity contribution in [3.8, 4) is 5.75 Å². The van der Waals surface area contributed by atoms with Crippen molar-refractivity contribution in [1.82, 2.24) is 0 Å². The normalized spacial score (nSPS) is 12.7. The summed E-state index contributed by atoms with van der Waals surface area (Å²) in [5, 5.41) is 2.08. The van der Waals surface area contributed by atoms with Crippen molar-refractivity contribution in [1.29, 1.82) is 0 Å². The van der Waals surface area contributed by atoms with Gasteiger partial charge in [-0.3, -0.25) is 0 Å². The third-order valence-electron chi connectivity index (χ3n) is 2.68. The summed E-state index contributed by atoms with van der Waals surface area (Å²) >= 11 is 1.74. The Morgan fingerprint density at radius 3 is 2.61 bits per heavy atom. The van der Waals surface area contributed by atoms with E-state index in [1.807, 2.05) is 32.0 Å². The second kappa shape index (κ2) is 6.03. The summed E-state index contributed by atoms with van der Waals surface area (Å²) in [6, 6.07) is 12.2. The number of hydrogen-bond donors (Lipinski definition) is 1. The van der Waals surface area contributed by atoms with Crippen molar-refractivity contribution in [3.63, 3.8) is 0 Å². The Hall–Kier alpha value is -1.32. The van der Waals surface area contributed by atoms with Crippen LogP contribution in [0.3, 0.4) is 0 Å². The van der Waals surface area contributed by atoms with Gasteiger partial charge in [-0.25, -0.2) is 0 Å². The lowest BCUT2D eigenvalue weighted by Crippen LogP contribution is -2.16. The first-order chi connectivity index (χ1) is 8.66. The molecular weight excluding hydrogens is 242 g/mol. The third-order valence-corrected chi connectivity index (χ3v) is 3.58. The lowest BCUT2D eigenvalue weighted by Gasteiger charge is -2.18. The fraction of sp³-hybridized carbons (Fsp3) is 0.333. The van der Waals surface area contributed by atoms with Gasteiger partial charge in [0.15, 0.2) is 0 Å². The Bertz CT molecular complexity index is 479. The molecule has 2 nitrogen and oxygen atoms in total. The van der Waals surface area contributed by atoms with Crippen LogP contribution >= 0.6 is 11.3 Å². The molecule has 0 spiro atoms. The Morgan fingerprint density at radius 1 is 1.17 bits per heavy atom. The van der Waals surface area contributed by atoms with Crippen LogP contribution in [0.5, 0.6) is 5.75 Å². The minimum absolute atomic E-state index is 0.0152. The summed E-state index contributed by atoms with van der Waals surface area (Å²) in [7, 11) is 0. The lowest BCUT2D eigenvalue weighted by atomic mass is 10.0. The van der Waals surface area contributed by atoms with E-state index in [-0.39, 0.29) is 12.1 Å². The molecule has 0 aliphatic rings. The van der Waals surface area contributed by atoms with Gasteiger partial charge in [0.2, 0.25) is 0 Å². The maximum Gasteiger partial charge on any atom is 0.124 e. The second-order valence-corrected chi connectivity index (χ2v) is 5.63. The van der Waals surface area contributed by atoms with Crippen molar-refractivity contribution in [2.75, 3.05) is 0 Å². The number of thiophene rings is 1. The molecule has 1 atom stereocenters. The third kappa shape index (κ3) is 3.34. The van der Waals surface area contributed by atoms with Crippen LogP contribution < -0.4 is 10.5 Å². The number of rotatable bonds is 5. The van der Waals surface area contributed by atoms with Crippen LogP contribution in [0, 0.1) is 0 Å². The van der Waals surface area contributed by atoms with Gasteiger partial charge in [-0.2, -0.15) is 0 Å². The average molecular weight is 261 g/mol. The molecule has 18 heavy (non-hydrogen) atoms. The van der Waals surface area contributed by atoms with Crippen molar-refractivity contribution in [2.24, 2.45) is 5.73 Å². The van der Waals surface area contributed by atoms with Crippen molar-refractivity contribution in [2.45, 2.75) is 32.4 Å². The molecule has 0 fully saturated rings. The summed E-state index contributed by atoms with van der Waals surface area (Å²) in [4.78, 5) is 1.31. The first-order valence-electron chi connectivity index (χ1n) is 6.20. The fourth-order valence-electron chi connectivity index (χ4n) is 1.90. The quantitative estimate of drug-likeness (QED) is 0.889. The van der Waals surface area contributed by atoms with Gasteiger partial charge < -0.3 is 10.5 Å². The number of nitrogens with two attached hydrogens (primary N) is 1. The summed E-state index contributed by atoms with van der Waals surface area (Å²) in [5.41, 5.74) is 7.37. The van der Waals surface area contributed by atoms with Crippen molar-refractivity contribution in [3.05, 3.63) is 52.2 Å². The molecule has 3 heteroatoms. The minimum Gasteiger partial charge on any atom is -0.491 e. The summed E-state index contributed by atoms with van der Waals surface area (Å²) in [6.07, 6.45) is 1.02. The Morgan fingerprint density at radius 2 is 1.94 bits per heavy atom. The monoisotopic (exact) mass is 261 g/mol. The van der Waals surface area contributed by atoms with Crippen LogP contribution in [0.15, 0.2) is 41.8 Å². The van der Waals surface area contributed by atoms with E-state index < -0.39 is 0 Å². The Labute approximate surface area is 112 Å². The molecule has 0 bridgehead atoms. The van der Waals surface area contributed by atoms with E-state index >= 15 is 0 Å². The number of ether oxygens (including phenoxy) is 1. The average Bonchev–Trinajstić information content (AvgIpc) is 2.81. The van der Waals surface area contributed by atoms with E-state index in [2.05, 4.69) is 23.6 Å². The molecule has 0 aliphatic carbocycles. The van der Waals surface area contributed by atoms with Gasteiger partial charge in [-0.1, -0.05) is 24.3 Å². The number of benzene rings is 1. The van der Waals surface area contributed by atoms with Gasteiger partial charge in [0.25, 0.3) is 0 Å². The van der Waals surface area contributed by atoms with Gasteiger partial charge in [-0.15, -0.1) is 11.3 Å². The zero-order valence-corrected chi connectivity index (χ0v) is 11.6. The van der Waals surface area contributed by atoms with Crippen LogP contribution in [0.4, 0.5) is 0 Å². The molecule has 0 saturated carbocycles. The van der Waals surface area contributed by atoms with E-state index in [1.165, 1.54) is 4.88 Å². The van der Waals surface area contributed by atoms with E-state index in [4.69, 9.17) is 10.5 Å². The van der Waals surface area contributed by atoms with Gasteiger partial charge in [0.05, 0.1) is 6.10 Å². The molecule has 2 N–H and O–H groups in total. The molecule has 0 radical (unpaired) electrons. The number of hydrogen-bond acceptors (Lipinski definition) is 3. The van der Waals surface area contributed by atoms with E-state index in [0.717, 1.165) is 17.7 Å². The van der Waals surface area contributed by atoms with E-state index in [0.29, 0.717) is 0 Å². The van der Waals surface area contributed by atoms with E-state index in [9.17, 15) is 0 Å². The van der Waals surface area contributed by atoms with Crippen LogP contribution in [-0.2, 0) is 6.42 Å². The van der Waals surface area contributed by atoms with Crippen molar-refractivity contribution >= 4 is 11.3 Å². The van der Waals surface area contributed by atoms with Gasteiger partial charge >= 0.3 is 0 Å². The molecule has 0 saturated heterocycles. The minimum atomic E-state index is -0.0152. The van der Waals surface area contributed by atoms with Crippen molar-refractivity contribution < 1.29 is 4.74 Å². The zero-order valence-electron chi connectivity index (χ0n) is 10.8. The number of para-hydroxylation sites is 1. The summed E-state index contributed by atoms with van der Waals surface area (Å²) in [6.45, 7) is 4.06. The molecular formula is C15H19NOS. The zero-order chi connectivity index (χ0) is 13.0. The summed E-state index contributed by atoms with van der Waals surface area (Å²) in [5.74, 6) is 0.900. The molecule has 1 aromatic carbocycles. The molecule has 0 amide bonds. The topological polar surface area (TPSA) is 35.2 Å². The first kappa shape index (κ1) is 13.1. The molecule has 96 valence electrons. The maximum atomic E-state index is 6.29. The molecule has 2 aromatic rings. The first-order valence-corrected chi connectivity index (χ1v) is 7.08. The van der Waals surface area contributed by atoms with Crippen LogP contribution in [0.25, 0.3) is 0 Å². The van der Waals surface area contributed by atoms with Crippen LogP contribution in [0.2, 0.25) is 0 Å². The molecule has 1 heterocycles. The molecule has 2 rings (SSSR count). The highest BCUT2D eigenvalue weighted by Crippen LogP contribution is 2.27. The van der Waals surface area contributed by atoms with Gasteiger partial charge in [-0.05, 0) is 31.4 Å². The second-order valence-electron chi connectivity index (χ2n) is 4.59. The molecule has 1 unspecified atom stereocenters. The Balaban J connectivity index is 2.16. The smallest absolute Gasteiger partial charge is 0.124 e. The molecule has 0 aliphatic heterocycles. The predicted molar refractivity (Wildman–Crippen MR) is 77.2 cm³/mol. The van der Waals surface area contributed by atoms with Gasteiger partial charge in [0.1, 0.15) is 5.75 Å². The van der Waals surface area contributed by atoms with Crippen LogP contribution in [0.1, 0.15) is 30.3 Å². The van der Waals surface area contributed by atoms with Crippen LogP contribution in [-0.4, -0.2) is 6.10 Å². The largest absolute Gasteiger partial charge is 0.491 e. The molecule has 1 aromatic heterocycles. The highest BCUT2D eigenvalue weighted by molar-refractivity contribution is 7.09.